The highest BCUT2D eigenvalue weighted by Crippen LogP contribution is 2.26. The lowest BCUT2D eigenvalue weighted by molar-refractivity contribution is -0.140. The van der Waals surface area contributed by atoms with Crippen LogP contribution in [0.4, 0.5) is 5.69 Å². The molecule has 3 aromatic rings. The molecule has 3 aromatic carbocycles. The standard InChI is InChI=1S/C31H39N3O6S/c1-5-7-21-32-31(36)29(6-2)33(22-24-13-15-26(39-3)16-14-24)30(35)23-34(25-11-9-8-10-12-25)41(37,38)28-19-17-27(40-4)18-20-28/h8-20,29H,5-7,21-23H2,1-4H3,(H,32,36). The molecule has 9 nitrogen and oxygen atoms in total. The second-order valence-electron chi connectivity index (χ2n) is 9.46. The topological polar surface area (TPSA) is 105 Å². The zero-order chi connectivity index (χ0) is 29.8. The van der Waals surface area contributed by atoms with Gasteiger partial charge in [0.1, 0.15) is 24.1 Å². The molecule has 0 fully saturated rings. The van der Waals surface area contributed by atoms with Gasteiger partial charge in [-0.15, -0.1) is 0 Å². The number of sulfonamides is 1. The van der Waals surface area contributed by atoms with Crippen LogP contribution in [0, 0.1) is 0 Å². The van der Waals surface area contributed by atoms with Crippen LogP contribution in [-0.2, 0) is 26.2 Å². The zero-order valence-electron chi connectivity index (χ0n) is 24.1. The molecule has 220 valence electrons. The Morgan fingerprint density at radius 2 is 1.44 bits per heavy atom. The highest BCUT2D eigenvalue weighted by molar-refractivity contribution is 7.92. The number of carbonyl (C=O) groups is 2. The summed E-state index contributed by atoms with van der Waals surface area (Å²) in [5, 5.41) is 2.93. The van der Waals surface area contributed by atoms with Gasteiger partial charge < -0.3 is 19.7 Å². The van der Waals surface area contributed by atoms with E-state index in [0.29, 0.717) is 30.2 Å². The van der Waals surface area contributed by atoms with Gasteiger partial charge in [0.05, 0.1) is 24.8 Å². The van der Waals surface area contributed by atoms with E-state index in [2.05, 4.69) is 5.32 Å². The number of rotatable bonds is 15. The largest absolute Gasteiger partial charge is 0.497 e. The van der Waals surface area contributed by atoms with E-state index in [4.69, 9.17) is 9.47 Å². The molecule has 41 heavy (non-hydrogen) atoms. The van der Waals surface area contributed by atoms with Gasteiger partial charge in [0.25, 0.3) is 10.0 Å². The third-order valence-corrected chi connectivity index (χ3v) is 8.49. The second kappa shape index (κ2) is 15.1. The maximum absolute atomic E-state index is 14.1. The summed E-state index contributed by atoms with van der Waals surface area (Å²) in [5.74, 6) is 0.403. The Bertz CT molecular complexity index is 1360. The number of carbonyl (C=O) groups excluding carboxylic acids is 2. The molecule has 0 heterocycles. The van der Waals surface area contributed by atoms with Crippen molar-refractivity contribution in [2.45, 2.75) is 50.6 Å². The van der Waals surface area contributed by atoms with Crippen LogP contribution in [0.25, 0.3) is 0 Å². The first-order valence-corrected chi connectivity index (χ1v) is 15.1. The number of nitrogens with one attached hydrogen (secondary N) is 1. The molecule has 0 aliphatic heterocycles. The van der Waals surface area contributed by atoms with Crippen molar-refractivity contribution in [1.82, 2.24) is 10.2 Å². The second-order valence-corrected chi connectivity index (χ2v) is 11.3. The smallest absolute Gasteiger partial charge is 0.264 e. The van der Waals surface area contributed by atoms with E-state index in [-0.39, 0.29) is 17.3 Å². The van der Waals surface area contributed by atoms with Crippen LogP contribution in [0.1, 0.15) is 38.7 Å². The fourth-order valence-corrected chi connectivity index (χ4v) is 5.77. The van der Waals surface area contributed by atoms with Crippen molar-refractivity contribution < 1.29 is 27.5 Å². The summed E-state index contributed by atoms with van der Waals surface area (Å²) in [6.07, 6.45) is 2.09. The molecule has 0 spiro atoms. The Morgan fingerprint density at radius 3 is 1.98 bits per heavy atom. The van der Waals surface area contributed by atoms with Crippen LogP contribution in [0.3, 0.4) is 0 Å². The SMILES string of the molecule is CCCCNC(=O)C(CC)N(Cc1ccc(OC)cc1)C(=O)CN(c1ccccc1)S(=O)(=O)c1ccc(OC)cc1. The summed E-state index contributed by atoms with van der Waals surface area (Å²) in [6, 6.07) is 20.9. The molecule has 0 radical (unpaired) electrons. The highest BCUT2D eigenvalue weighted by atomic mass is 32.2. The van der Waals surface area contributed by atoms with Gasteiger partial charge in [0, 0.05) is 13.1 Å². The molecule has 0 bridgehead atoms. The normalized spacial score (nSPS) is 11.8. The predicted molar refractivity (Wildman–Crippen MR) is 160 cm³/mol. The fraction of sp³-hybridized carbons (Fsp3) is 0.355. The zero-order valence-corrected chi connectivity index (χ0v) is 24.9. The van der Waals surface area contributed by atoms with Crippen molar-refractivity contribution in [1.29, 1.82) is 0 Å². The molecular formula is C31H39N3O6S. The number of ether oxygens (including phenoxy) is 2. The quantitative estimate of drug-likeness (QED) is 0.263. The number of amides is 2. The molecule has 1 N–H and O–H groups in total. The van der Waals surface area contributed by atoms with Crippen LogP contribution >= 0.6 is 0 Å². The van der Waals surface area contributed by atoms with Gasteiger partial charge in [-0.05, 0) is 66.9 Å². The average Bonchev–Trinajstić information content (AvgIpc) is 3.00. The van der Waals surface area contributed by atoms with Crippen LogP contribution in [0.15, 0.2) is 83.8 Å². The number of hydrogen-bond acceptors (Lipinski definition) is 6. The Labute approximate surface area is 243 Å². The number of unbranched alkanes of at least 4 members (excludes halogenated alkanes) is 1. The summed E-state index contributed by atoms with van der Waals surface area (Å²) in [4.78, 5) is 28.8. The molecule has 0 aliphatic rings. The molecular weight excluding hydrogens is 542 g/mol. The summed E-state index contributed by atoms with van der Waals surface area (Å²) in [5.41, 5.74) is 1.12. The van der Waals surface area contributed by atoms with E-state index < -0.39 is 28.5 Å². The lowest BCUT2D eigenvalue weighted by Crippen LogP contribution is -2.52. The number of benzene rings is 3. The molecule has 0 saturated carbocycles. The highest BCUT2D eigenvalue weighted by Gasteiger charge is 2.33. The minimum absolute atomic E-state index is 0.0148. The van der Waals surface area contributed by atoms with Crippen molar-refractivity contribution in [3.63, 3.8) is 0 Å². The maximum atomic E-state index is 14.1. The van der Waals surface area contributed by atoms with Crippen LogP contribution in [0.2, 0.25) is 0 Å². The lowest BCUT2D eigenvalue weighted by Gasteiger charge is -2.33. The summed E-state index contributed by atoms with van der Waals surface area (Å²) in [6.45, 7) is 3.99. The predicted octanol–water partition coefficient (Wildman–Crippen LogP) is 4.62. The monoisotopic (exact) mass is 581 g/mol. The van der Waals surface area contributed by atoms with Crippen molar-refractivity contribution in [2.24, 2.45) is 0 Å². The molecule has 0 saturated heterocycles. The maximum Gasteiger partial charge on any atom is 0.264 e. The van der Waals surface area contributed by atoms with E-state index >= 15 is 0 Å². The molecule has 1 atom stereocenters. The van der Waals surface area contributed by atoms with Crippen molar-refractivity contribution >= 4 is 27.5 Å². The molecule has 10 heteroatoms. The first-order chi connectivity index (χ1) is 19.7. The third kappa shape index (κ3) is 8.23. The van der Waals surface area contributed by atoms with E-state index in [0.717, 1.165) is 22.7 Å². The Morgan fingerprint density at radius 1 is 0.854 bits per heavy atom. The van der Waals surface area contributed by atoms with Gasteiger partial charge in [0.15, 0.2) is 0 Å². The van der Waals surface area contributed by atoms with Gasteiger partial charge in [-0.1, -0.05) is 50.6 Å². The van der Waals surface area contributed by atoms with E-state index in [1.54, 1.807) is 61.7 Å². The van der Waals surface area contributed by atoms with Crippen molar-refractivity contribution in [3.05, 3.63) is 84.4 Å². The number of para-hydroxylation sites is 1. The van der Waals surface area contributed by atoms with Gasteiger partial charge in [-0.3, -0.25) is 13.9 Å². The van der Waals surface area contributed by atoms with Crippen LogP contribution in [-0.4, -0.2) is 58.5 Å². The summed E-state index contributed by atoms with van der Waals surface area (Å²) >= 11 is 0. The van der Waals surface area contributed by atoms with E-state index in [1.807, 2.05) is 26.0 Å². The Hall–Kier alpha value is -4.05. The molecule has 1 unspecified atom stereocenters. The first-order valence-electron chi connectivity index (χ1n) is 13.7. The van der Waals surface area contributed by atoms with E-state index in [1.165, 1.54) is 24.1 Å². The number of hydrogen-bond donors (Lipinski definition) is 1. The van der Waals surface area contributed by atoms with Crippen molar-refractivity contribution in [3.8, 4) is 11.5 Å². The minimum Gasteiger partial charge on any atom is -0.497 e. The first kappa shape index (κ1) is 31.5. The Balaban J connectivity index is 2.00. The average molecular weight is 582 g/mol. The van der Waals surface area contributed by atoms with Gasteiger partial charge in [0.2, 0.25) is 11.8 Å². The summed E-state index contributed by atoms with van der Waals surface area (Å²) < 4.78 is 39.3. The third-order valence-electron chi connectivity index (χ3n) is 6.70. The molecule has 0 aliphatic carbocycles. The van der Waals surface area contributed by atoms with E-state index in [9.17, 15) is 18.0 Å². The van der Waals surface area contributed by atoms with Gasteiger partial charge in [-0.25, -0.2) is 8.42 Å². The summed E-state index contributed by atoms with van der Waals surface area (Å²) in [7, 11) is -1.08. The fourth-order valence-electron chi connectivity index (χ4n) is 4.35. The number of anilines is 1. The van der Waals surface area contributed by atoms with Crippen LogP contribution < -0.4 is 19.1 Å². The molecule has 2 amide bonds. The van der Waals surface area contributed by atoms with Crippen LogP contribution in [0.5, 0.6) is 11.5 Å². The van der Waals surface area contributed by atoms with Gasteiger partial charge >= 0.3 is 0 Å². The van der Waals surface area contributed by atoms with Crippen molar-refractivity contribution in [2.75, 3.05) is 31.6 Å². The van der Waals surface area contributed by atoms with Gasteiger partial charge in [-0.2, -0.15) is 0 Å². The number of methoxy groups -OCH3 is 2. The molecule has 3 rings (SSSR count). The lowest BCUT2D eigenvalue weighted by atomic mass is 10.1. The Kier molecular flexibility index (Phi) is 11.6. The molecule has 0 aromatic heterocycles. The number of nitrogens with zero attached hydrogens (tertiary/aromatic N) is 2. The minimum atomic E-state index is -4.15.